The van der Waals surface area contributed by atoms with Crippen LogP contribution >= 0.6 is 11.3 Å². The molecular formula is C19H15N3O4S. The number of carbonyl (C=O) groups excluding carboxylic acids is 1. The Labute approximate surface area is 158 Å². The minimum absolute atomic E-state index is 0.0225. The lowest BCUT2D eigenvalue weighted by molar-refractivity contribution is -0.384. The number of fused-ring (bicyclic) bond motifs is 1. The summed E-state index contributed by atoms with van der Waals surface area (Å²) < 4.78 is 7.84. The van der Waals surface area contributed by atoms with E-state index >= 15 is 0 Å². The van der Waals surface area contributed by atoms with Crippen LogP contribution in [0.1, 0.15) is 6.42 Å². The average molecular weight is 381 g/mol. The van der Waals surface area contributed by atoms with Gasteiger partial charge in [-0.25, -0.2) is 0 Å². The summed E-state index contributed by atoms with van der Waals surface area (Å²) in [5.74, 6) is 2.85. The summed E-state index contributed by atoms with van der Waals surface area (Å²) in [5.41, 5.74) is 0.682. The van der Waals surface area contributed by atoms with Crippen molar-refractivity contribution in [2.75, 3.05) is 6.61 Å². The number of amides is 1. The molecule has 0 fully saturated rings. The highest BCUT2D eigenvalue weighted by molar-refractivity contribution is 7.16. The predicted octanol–water partition coefficient (Wildman–Crippen LogP) is 3.14. The van der Waals surface area contributed by atoms with Gasteiger partial charge in [0, 0.05) is 12.1 Å². The molecule has 27 heavy (non-hydrogen) atoms. The van der Waals surface area contributed by atoms with Crippen molar-refractivity contribution in [3.63, 3.8) is 0 Å². The summed E-state index contributed by atoms with van der Waals surface area (Å²) in [5, 5.41) is 11.0. The molecule has 0 aliphatic carbocycles. The Hall–Kier alpha value is -3.44. The molecule has 136 valence electrons. The SMILES string of the molecule is C#CCn1c(=NC(=O)CCOc2ccccc2)sc2cc([N+](=O)[O-])ccc21. The first-order valence-electron chi connectivity index (χ1n) is 8.05. The number of nitro benzene ring substituents is 1. The molecule has 0 radical (unpaired) electrons. The topological polar surface area (TPSA) is 86.7 Å². The largest absolute Gasteiger partial charge is 0.493 e. The van der Waals surface area contributed by atoms with Gasteiger partial charge >= 0.3 is 0 Å². The fraction of sp³-hybridized carbons (Fsp3) is 0.158. The Bertz CT molecular complexity index is 1090. The fourth-order valence-electron chi connectivity index (χ4n) is 2.44. The Morgan fingerprint density at radius 2 is 2.07 bits per heavy atom. The highest BCUT2D eigenvalue weighted by Gasteiger charge is 2.12. The maximum atomic E-state index is 12.2. The van der Waals surface area contributed by atoms with Crippen LogP contribution in [0, 0.1) is 22.5 Å². The molecule has 7 nitrogen and oxygen atoms in total. The highest BCUT2D eigenvalue weighted by atomic mass is 32.1. The molecule has 2 aromatic carbocycles. The number of benzene rings is 2. The van der Waals surface area contributed by atoms with Gasteiger partial charge in [-0.05, 0) is 18.2 Å². The zero-order chi connectivity index (χ0) is 19.2. The number of rotatable bonds is 6. The van der Waals surface area contributed by atoms with Gasteiger partial charge in [0.15, 0.2) is 4.80 Å². The van der Waals surface area contributed by atoms with Crippen molar-refractivity contribution in [3.8, 4) is 18.1 Å². The van der Waals surface area contributed by atoms with E-state index in [1.165, 1.54) is 23.5 Å². The summed E-state index contributed by atoms with van der Waals surface area (Å²) in [6.07, 6.45) is 5.52. The van der Waals surface area contributed by atoms with Gasteiger partial charge in [-0.2, -0.15) is 4.99 Å². The van der Waals surface area contributed by atoms with E-state index in [-0.39, 0.29) is 31.2 Å². The molecule has 0 spiro atoms. The molecule has 0 aliphatic heterocycles. The molecule has 3 aromatic rings. The molecule has 0 N–H and O–H groups in total. The standard InChI is InChI=1S/C19H15N3O4S/c1-2-11-21-16-9-8-14(22(24)25)13-17(16)27-19(21)20-18(23)10-12-26-15-6-4-3-5-7-15/h1,3-9,13H,10-12H2. The van der Waals surface area contributed by atoms with E-state index in [9.17, 15) is 14.9 Å². The average Bonchev–Trinajstić information content (AvgIpc) is 2.99. The van der Waals surface area contributed by atoms with E-state index in [1.54, 1.807) is 22.8 Å². The van der Waals surface area contributed by atoms with E-state index in [0.29, 0.717) is 20.8 Å². The van der Waals surface area contributed by atoms with Crippen molar-refractivity contribution in [1.82, 2.24) is 4.57 Å². The molecule has 0 saturated heterocycles. The molecule has 0 saturated carbocycles. The number of non-ortho nitro benzene ring substituents is 1. The van der Waals surface area contributed by atoms with E-state index in [2.05, 4.69) is 10.9 Å². The third-order valence-electron chi connectivity index (χ3n) is 3.67. The second-order valence-electron chi connectivity index (χ2n) is 5.50. The summed E-state index contributed by atoms with van der Waals surface area (Å²) in [7, 11) is 0. The lowest BCUT2D eigenvalue weighted by Gasteiger charge is -2.03. The number of ether oxygens (including phenoxy) is 1. The normalized spacial score (nSPS) is 11.3. The van der Waals surface area contributed by atoms with E-state index in [1.807, 2.05) is 18.2 Å². The van der Waals surface area contributed by atoms with Gasteiger partial charge in [0.25, 0.3) is 11.6 Å². The maximum Gasteiger partial charge on any atom is 0.270 e. The number of hydrogen-bond acceptors (Lipinski definition) is 5. The first-order valence-corrected chi connectivity index (χ1v) is 8.87. The molecule has 0 atom stereocenters. The van der Waals surface area contributed by atoms with Crippen LogP contribution in [0.3, 0.4) is 0 Å². The molecule has 1 amide bonds. The van der Waals surface area contributed by atoms with Crippen molar-refractivity contribution < 1.29 is 14.5 Å². The summed E-state index contributed by atoms with van der Waals surface area (Å²) >= 11 is 1.19. The molecular weight excluding hydrogens is 366 g/mol. The van der Waals surface area contributed by atoms with Crippen LogP contribution in [0.25, 0.3) is 10.2 Å². The number of nitro groups is 1. The van der Waals surface area contributed by atoms with Crippen molar-refractivity contribution in [3.05, 3.63) is 63.4 Å². The van der Waals surface area contributed by atoms with Crippen molar-refractivity contribution in [1.29, 1.82) is 0 Å². The summed E-state index contributed by atoms with van der Waals surface area (Å²) in [6, 6.07) is 13.7. The van der Waals surface area contributed by atoms with Gasteiger partial charge in [0.1, 0.15) is 5.75 Å². The Morgan fingerprint density at radius 3 is 2.78 bits per heavy atom. The number of para-hydroxylation sites is 1. The van der Waals surface area contributed by atoms with Gasteiger partial charge in [-0.1, -0.05) is 35.5 Å². The third kappa shape index (κ3) is 4.40. The van der Waals surface area contributed by atoms with Gasteiger partial charge < -0.3 is 9.30 Å². The van der Waals surface area contributed by atoms with Crippen LogP contribution in [-0.2, 0) is 11.3 Å². The van der Waals surface area contributed by atoms with E-state index in [4.69, 9.17) is 11.2 Å². The van der Waals surface area contributed by atoms with Crippen LogP contribution in [-0.4, -0.2) is 22.0 Å². The number of thiazole rings is 1. The summed E-state index contributed by atoms with van der Waals surface area (Å²) in [4.78, 5) is 27.2. The van der Waals surface area contributed by atoms with Gasteiger partial charge in [-0.15, -0.1) is 6.42 Å². The molecule has 0 aliphatic rings. The van der Waals surface area contributed by atoms with Gasteiger partial charge in [0.05, 0.1) is 34.7 Å². The zero-order valence-corrected chi connectivity index (χ0v) is 15.0. The van der Waals surface area contributed by atoms with Crippen LogP contribution in [0.5, 0.6) is 5.75 Å². The lowest BCUT2D eigenvalue weighted by Crippen LogP contribution is -2.17. The molecule has 0 unspecified atom stereocenters. The second kappa shape index (κ2) is 8.29. The first-order chi connectivity index (χ1) is 13.1. The maximum absolute atomic E-state index is 12.2. The number of nitrogens with zero attached hydrogens (tertiary/aromatic N) is 3. The van der Waals surface area contributed by atoms with Crippen molar-refractivity contribution in [2.24, 2.45) is 4.99 Å². The smallest absolute Gasteiger partial charge is 0.270 e. The van der Waals surface area contributed by atoms with E-state index < -0.39 is 4.92 Å². The minimum Gasteiger partial charge on any atom is -0.493 e. The molecule has 8 heteroatoms. The molecule has 3 rings (SSSR count). The quantitative estimate of drug-likeness (QED) is 0.373. The third-order valence-corrected chi connectivity index (χ3v) is 4.72. The van der Waals surface area contributed by atoms with Gasteiger partial charge in [-0.3, -0.25) is 14.9 Å². The van der Waals surface area contributed by atoms with Crippen LogP contribution in [0.4, 0.5) is 5.69 Å². The van der Waals surface area contributed by atoms with Crippen molar-refractivity contribution >= 4 is 33.1 Å². The fourth-order valence-corrected chi connectivity index (χ4v) is 3.52. The lowest BCUT2D eigenvalue weighted by atomic mass is 10.3. The highest BCUT2D eigenvalue weighted by Crippen LogP contribution is 2.23. The second-order valence-corrected chi connectivity index (χ2v) is 6.51. The van der Waals surface area contributed by atoms with Crippen LogP contribution < -0.4 is 9.54 Å². The van der Waals surface area contributed by atoms with E-state index in [0.717, 1.165) is 0 Å². The number of terminal acetylenes is 1. The Balaban J connectivity index is 1.83. The molecule has 1 aromatic heterocycles. The minimum atomic E-state index is -0.465. The van der Waals surface area contributed by atoms with Crippen molar-refractivity contribution in [2.45, 2.75) is 13.0 Å². The number of hydrogen-bond donors (Lipinski definition) is 0. The van der Waals surface area contributed by atoms with Crippen LogP contribution in [0.2, 0.25) is 0 Å². The first kappa shape index (κ1) is 18.4. The summed E-state index contributed by atoms with van der Waals surface area (Å²) in [6.45, 7) is 0.419. The van der Waals surface area contributed by atoms with Gasteiger partial charge in [0.2, 0.25) is 0 Å². The predicted molar refractivity (Wildman–Crippen MR) is 102 cm³/mol. The Kier molecular flexibility index (Phi) is 5.64. The Morgan fingerprint density at radius 1 is 1.30 bits per heavy atom. The zero-order valence-electron chi connectivity index (χ0n) is 14.2. The number of aromatic nitrogens is 1. The van der Waals surface area contributed by atoms with Crippen LogP contribution in [0.15, 0.2) is 53.5 Å². The number of carbonyl (C=O) groups is 1. The molecule has 1 heterocycles. The molecule has 0 bridgehead atoms. The monoisotopic (exact) mass is 381 g/mol.